The Kier molecular flexibility index (Phi) is 2.53. The van der Waals surface area contributed by atoms with Gasteiger partial charge in [0.15, 0.2) is 5.82 Å². The highest BCUT2D eigenvalue weighted by molar-refractivity contribution is 7.13. The molecule has 2 nitrogen and oxygen atoms in total. The molecule has 0 spiro atoms. The second kappa shape index (κ2) is 4.05. The molecule has 0 amide bonds. The van der Waals surface area contributed by atoms with Crippen molar-refractivity contribution >= 4 is 33.8 Å². The molecule has 3 rings (SSSR count). The summed E-state index contributed by atoms with van der Waals surface area (Å²) in [5.74, 6) is 0.0761. The number of hydrogen-bond acceptors (Lipinski definition) is 3. The Morgan fingerprint density at radius 3 is 2.76 bits per heavy atom. The van der Waals surface area contributed by atoms with Crippen molar-refractivity contribution in [2.45, 2.75) is 0 Å². The lowest BCUT2D eigenvalue weighted by molar-refractivity contribution is 0.636. The van der Waals surface area contributed by atoms with Crippen LogP contribution in [-0.2, 0) is 0 Å². The summed E-state index contributed by atoms with van der Waals surface area (Å²) >= 11 is 7.53. The first kappa shape index (κ1) is 10.6. The minimum atomic E-state index is -0.385. The first-order valence-electron chi connectivity index (χ1n) is 4.91. The predicted octanol–water partition coefficient (Wildman–Crippen LogP) is 4.15. The minimum absolute atomic E-state index is 0.260. The second-order valence-corrected chi connectivity index (χ2v) is 4.76. The number of aromatic nitrogens is 2. The van der Waals surface area contributed by atoms with E-state index in [-0.39, 0.29) is 16.5 Å². The van der Waals surface area contributed by atoms with Crippen molar-refractivity contribution in [3.8, 4) is 10.7 Å². The van der Waals surface area contributed by atoms with Gasteiger partial charge in [-0.2, -0.15) is 0 Å². The summed E-state index contributed by atoms with van der Waals surface area (Å²) in [5, 5.41) is 2.72. The van der Waals surface area contributed by atoms with Crippen LogP contribution >= 0.6 is 22.9 Å². The number of nitrogens with zero attached hydrogens (tertiary/aromatic N) is 2. The van der Waals surface area contributed by atoms with Gasteiger partial charge in [0.2, 0.25) is 0 Å². The maximum atomic E-state index is 13.6. The van der Waals surface area contributed by atoms with E-state index in [1.54, 1.807) is 12.1 Å². The highest BCUT2D eigenvalue weighted by Crippen LogP contribution is 2.28. The third kappa shape index (κ3) is 1.79. The van der Waals surface area contributed by atoms with Crippen molar-refractivity contribution in [2.24, 2.45) is 0 Å². The molecule has 0 N–H and O–H groups in total. The van der Waals surface area contributed by atoms with E-state index in [1.807, 2.05) is 17.5 Å². The van der Waals surface area contributed by atoms with Crippen LogP contribution in [0.15, 0.2) is 35.7 Å². The van der Waals surface area contributed by atoms with Gasteiger partial charge in [-0.05, 0) is 23.6 Å². The van der Waals surface area contributed by atoms with Gasteiger partial charge in [0.25, 0.3) is 0 Å². The average molecular weight is 265 g/mol. The maximum absolute atomic E-state index is 13.6. The Bertz CT molecular complexity index is 682. The summed E-state index contributed by atoms with van der Waals surface area (Å²) in [5.41, 5.74) is 0.260. The molecule has 0 aliphatic carbocycles. The van der Waals surface area contributed by atoms with Gasteiger partial charge < -0.3 is 0 Å². The summed E-state index contributed by atoms with van der Waals surface area (Å²) in [6.45, 7) is 0. The molecule has 0 bridgehead atoms. The van der Waals surface area contributed by atoms with Gasteiger partial charge in [-0.25, -0.2) is 14.4 Å². The number of thiophene rings is 1. The van der Waals surface area contributed by atoms with Gasteiger partial charge in [-0.3, -0.25) is 0 Å². The number of hydrogen-bond donors (Lipinski definition) is 0. The number of rotatable bonds is 1. The van der Waals surface area contributed by atoms with Crippen molar-refractivity contribution in [3.63, 3.8) is 0 Å². The van der Waals surface area contributed by atoms with Crippen LogP contribution in [0.5, 0.6) is 0 Å². The largest absolute Gasteiger partial charge is 0.224 e. The molecule has 84 valence electrons. The third-order valence-corrected chi connectivity index (χ3v) is 3.53. The molecule has 0 fully saturated rings. The molecule has 2 aromatic heterocycles. The van der Waals surface area contributed by atoms with E-state index in [1.165, 1.54) is 17.4 Å². The number of para-hydroxylation sites is 1. The normalized spacial score (nSPS) is 10.9. The molecule has 3 aromatic rings. The minimum Gasteiger partial charge on any atom is -0.224 e. The van der Waals surface area contributed by atoms with Gasteiger partial charge in [0, 0.05) is 5.39 Å². The van der Waals surface area contributed by atoms with Gasteiger partial charge in [-0.1, -0.05) is 23.7 Å². The zero-order chi connectivity index (χ0) is 11.8. The molecular weight excluding hydrogens is 259 g/mol. The first-order valence-corrected chi connectivity index (χ1v) is 6.17. The van der Waals surface area contributed by atoms with Gasteiger partial charge >= 0.3 is 0 Å². The van der Waals surface area contributed by atoms with E-state index >= 15 is 0 Å². The predicted molar refractivity (Wildman–Crippen MR) is 67.8 cm³/mol. The van der Waals surface area contributed by atoms with E-state index in [0.29, 0.717) is 11.2 Å². The van der Waals surface area contributed by atoms with Crippen LogP contribution in [0.3, 0.4) is 0 Å². The molecule has 0 saturated carbocycles. The smallest absolute Gasteiger partial charge is 0.171 e. The fraction of sp³-hybridized carbons (Fsp3) is 0. The van der Waals surface area contributed by atoms with Crippen molar-refractivity contribution in [1.82, 2.24) is 9.97 Å². The van der Waals surface area contributed by atoms with E-state index in [0.717, 1.165) is 4.88 Å². The lowest BCUT2D eigenvalue weighted by Gasteiger charge is -2.03. The Balaban J connectivity index is 2.34. The second-order valence-electron chi connectivity index (χ2n) is 3.45. The lowest BCUT2D eigenvalue weighted by atomic mass is 10.2. The van der Waals surface area contributed by atoms with Crippen LogP contribution in [0.4, 0.5) is 4.39 Å². The molecular formula is C12H6ClFN2S. The lowest BCUT2D eigenvalue weighted by Crippen LogP contribution is -1.92. The standard InChI is InChI=1S/C12H6ClFN2S/c13-11-7-3-1-4-8(14)10(7)15-12(16-11)9-5-2-6-17-9/h1-6H. The Morgan fingerprint density at radius 1 is 1.12 bits per heavy atom. The average Bonchev–Trinajstić information content (AvgIpc) is 2.84. The summed E-state index contributed by atoms with van der Waals surface area (Å²) in [7, 11) is 0. The van der Waals surface area contributed by atoms with Crippen molar-refractivity contribution < 1.29 is 4.39 Å². The van der Waals surface area contributed by atoms with Crippen molar-refractivity contribution in [1.29, 1.82) is 0 Å². The van der Waals surface area contributed by atoms with Crippen molar-refractivity contribution in [3.05, 3.63) is 46.7 Å². The zero-order valence-electron chi connectivity index (χ0n) is 8.52. The van der Waals surface area contributed by atoms with Crippen LogP contribution < -0.4 is 0 Å². The molecule has 17 heavy (non-hydrogen) atoms. The van der Waals surface area contributed by atoms with Gasteiger partial charge in [-0.15, -0.1) is 11.3 Å². The summed E-state index contributed by atoms with van der Waals surface area (Å²) in [4.78, 5) is 9.27. The third-order valence-electron chi connectivity index (χ3n) is 2.37. The van der Waals surface area contributed by atoms with Crippen molar-refractivity contribution in [2.75, 3.05) is 0 Å². The monoisotopic (exact) mass is 264 g/mol. The maximum Gasteiger partial charge on any atom is 0.171 e. The van der Waals surface area contributed by atoms with Crippen LogP contribution in [0.1, 0.15) is 0 Å². The molecule has 0 aliphatic heterocycles. The molecule has 0 unspecified atom stereocenters. The van der Waals surface area contributed by atoms with Crippen LogP contribution in [0, 0.1) is 5.82 Å². The number of halogens is 2. The molecule has 0 saturated heterocycles. The fourth-order valence-electron chi connectivity index (χ4n) is 1.60. The number of fused-ring (bicyclic) bond motifs is 1. The van der Waals surface area contributed by atoms with E-state index < -0.39 is 0 Å². The Labute approximate surface area is 106 Å². The SMILES string of the molecule is Fc1cccc2c(Cl)nc(-c3cccs3)nc12. The molecule has 0 atom stereocenters. The number of benzene rings is 1. The molecule has 0 radical (unpaired) electrons. The zero-order valence-corrected chi connectivity index (χ0v) is 10.1. The molecule has 1 aromatic carbocycles. The van der Waals surface area contributed by atoms with Gasteiger partial charge in [0.05, 0.1) is 4.88 Å². The van der Waals surface area contributed by atoms with Crippen LogP contribution in [0.2, 0.25) is 5.15 Å². The van der Waals surface area contributed by atoms with E-state index in [4.69, 9.17) is 11.6 Å². The highest BCUT2D eigenvalue weighted by atomic mass is 35.5. The quantitative estimate of drug-likeness (QED) is 0.617. The van der Waals surface area contributed by atoms with Gasteiger partial charge in [0.1, 0.15) is 16.5 Å². The highest BCUT2D eigenvalue weighted by Gasteiger charge is 2.11. The fourth-order valence-corrected chi connectivity index (χ4v) is 2.49. The summed E-state index contributed by atoms with van der Waals surface area (Å²) in [6.07, 6.45) is 0. The molecule has 5 heteroatoms. The van der Waals surface area contributed by atoms with Crippen LogP contribution in [0.25, 0.3) is 21.6 Å². The van der Waals surface area contributed by atoms with E-state index in [2.05, 4.69) is 9.97 Å². The molecule has 0 aliphatic rings. The Morgan fingerprint density at radius 2 is 2.00 bits per heavy atom. The van der Waals surface area contributed by atoms with Crippen LogP contribution in [-0.4, -0.2) is 9.97 Å². The molecule has 2 heterocycles. The Hall–Kier alpha value is -1.52. The summed E-state index contributed by atoms with van der Waals surface area (Å²) < 4.78 is 13.6. The van der Waals surface area contributed by atoms with E-state index in [9.17, 15) is 4.39 Å². The first-order chi connectivity index (χ1) is 8.25. The summed E-state index contributed by atoms with van der Waals surface area (Å²) in [6, 6.07) is 8.44. The topological polar surface area (TPSA) is 25.8 Å².